The van der Waals surface area contributed by atoms with Gasteiger partial charge in [0.2, 0.25) is 0 Å². The van der Waals surface area contributed by atoms with E-state index in [2.05, 4.69) is 21.5 Å². The number of para-hydroxylation sites is 1. The van der Waals surface area contributed by atoms with E-state index in [0.29, 0.717) is 6.54 Å². The molecule has 0 aliphatic heterocycles. The van der Waals surface area contributed by atoms with Gasteiger partial charge >= 0.3 is 0 Å². The molecule has 1 aromatic carbocycles. The van der Waals surface area contributed by atoms with Crippen molar-refractivity contribution in [3.05, 3.63) is 72.3 Å². The van der Waals surface area contributed by atoms with Gasteiger partial charge in [0, 0.05) is 18.6 Å². The van der Waals surface area contributed by atoms with Crippen molar-refractivity contribution < 1.29 is 0 Å². The average Bonchev–Trinajstić information content (AvgIpc) is 2.95. The van der Waals surface area contributed by atoms with Crippen LogP contribution in [0.1, 0.15) is 11.3 Å². The van der Waals surface area contributed by atoms with E-state index in [0.717, 1.165) is 22.6 Å². The molecule has 0 amide bonds. The first-order chi connectivity index (χ1) is 9.81. The lowest BCUT2D eigenvalue weighted by Crippen LogP contribution is -2.02. The molecule has 0 radical (unpaired) electrons. The van der Waals surface area contributed by atoms with Crippen LogP contribution in [0.15, 0.2) is 61.1 Å². The minimum Gasteiger partial charge on any atom is -0.378 e. The summed E-state index contributed by atoms with van der Waals surface area (Å²) in [6, 6.07) is 14.2. The van der Waals surface area contributed by atoms with Crippen LogP contribution in [0.2, 0.25) is 0 Å². The monoisotopic (exact) mass is 264 g/mol. The molecular formula is C16H16N4. The van der Waals surface area contributed by atoms with Crippen LogP contribution in [-0.2, 0) is 6.54 Å². The zero-order chi connectivity index (χ0) is 13.8. The fourth-order valence-electron chi connectivity index (χ4n) is 2.02. The van der Waals surface area contributed by atoms with Crippen LogP contribution in [0.25, 0.3) is 5.69 Å². The Morgan fingerprint density at radius 2 is 1.95 bits per heavy atom. The zero-order valence-corrected chi connectivity index (χ0v) is 11.3. The number of benzene rings is 1. The molecule has 0 bridgehead atoms. The molecular weight excluding hydrogens is 248 g/mol. The fraction of sp³-hybridized carbons (Fsp3) is 0.125. The van der Waals surface area contributed by atoms with E-state index in [-0.39, 0.29) is 0 Å². The highest BCUT2D eigenvalue weighted by molar-refractivity contribution is 5.42. The van der Waals surface area contributed by atoms with Crippen molar-refractivity contribution in [1.82, 2.24) is 14.8 Å². The molecule has 0 unspecified atom stereocenters. The quantitative estimate of drug-likeness (QED) is 0.787. The molecule has 0 atom stereocenters. The lowest BCUT2D eigenvalue weighted by molar-refractivity contribution is 0.844. The first-order valence-corrected chi connectivity index (χ1v) is 6.57. The molecule has 4 nitrogen and oxygen atoms in total. The van der Waals surface area contributed by atoms with Gasteiger partial charge in [0.1, 0.15) is 0 Å². The van der Waals surface area contributed by atoms with Crippen LogP contribution in [0.5, 0.6) is 0 Å². The van der Waals surface area contributed by atoms with E-state index >= 15 is 0 Å². The summed E-state index contributed by atoms with van der Waals surface area (Å²) in [5.41, 5.74) is 4.22. The van der Waals surface area contributed by atoms with Gasteiger partial charge in [0.25, 0.3) is 0 Å². The number of nitrogens with one attached hydrogen (secondary N) is 1. The molecule has 2 aromatic heterocycles. The number of hydrogen-bond acceptors (Lipinski definition) is 3. The average molecular weight is 264 g/mol. The third-order valence-electron chi connectivity index (χ3n) is 3.01. The Kier molecular flexibility index (Phi) is 3.46. The van der Waals surface area contributed by atoms with Gasteiger partial charge in [-0.1, -0.05) is 18.2 Å². The normalized spacial score (nSPS) is 10.4. The molecule has 20 heavy (non-hydrogen) atoms. The SMILES string of the molecule is Cc1cncc(NCc2ccn(-c3ccccc3)n2)c1. The van der Waals surface area contributed by atoms with Gasteiger partial charge in [-0.25, -0.2) is 4.68 Å². The molecule has 0 fully saturated rings. The van der Waals surface area contributed by atoms with Gasteiger partial charge in [-0.3, -0.25) is 4.98 Å². The van der Waals surface area contributed by atoms with E-state index in [1.165, 1.54) is 0 Å². The highest BCUT2D eigenvalue weighted by atomic mass is 15.3. The van der Waals surface area contributed by atoms with Crippen molar-refractivity contribution in [2.45, 2.75) is 13.5 Å². The molecule has 3 rings (SSSR count). The lowest BCUT2D eigenvalue weighted by Gasteiger charge is -2.04. The predicted octanol–water partition coefficient (Wildman–Crippen LogP) is 3.19. The predicted molar refractivity (Wildman–Crippen MR) is 79.9 cm³/mol. The Morgan fingerprint density at radius 1 is 1.10 bits per heavy atom. The molecule has 0 saturated heterocycles. The Balaban J connectivity index is 1.69. The summed E-state index contributed by atoms with van der Waals surface area (Å²) >= 11 is 0. The minimum absolute atomic E-state index is 0.685. The summed E-state index contributed by atoms with van der Waals surface area (Å²) in [5, 5.41) is 7.88. The number of aryl methyl sites for hydroxylation is 1. The number of aromatic nitrogens is 3. The second kappa shape index (κ2) is 5.57. The number of pyridine rings is 1. The standard InChI is InChI=1S/C16H16N4/c1-13-9-15(11-17-10-13)18-12-14-7-8-20(19-14)16-5-3-2-4-6-16/h2-11,18H,12H2,1H3. The summed E-state index contributed by atoms with van der Waals surface area (Å²) < 4.78 is 1.88. The first kappa shape index (κ1) is 12.4. The van der Waals surface area contributed by atoms with E-state index < -0.39 is 0 Å². The molecule has 0 aliphatic rings. The van der Waals surface area contributed by atoms with Gasteiger partial charge in [0.05, 0.1) is 23.6 Å². The van der Waals surface area contributed by atoms with Crippen molar-refractivity contribution in [3.63, 3.8) is 0 Å². The number of anilines is 1. The smallest absolute Gasteiger partial charge is 0.0819 e. The molecule has 1 N–H and O–H groups in total. The summed E-state index contributed by atoms with van der Waals surface area (Å²) in [5.74, 6) is 0. The first-order valence-electron chi connectivity index (χ1n) is 6.57. The van der Waals surface area contributed by atoms with Gasteiger partial charge in [0.15, 0.2) is 0 Å². The highest BCUT2D eigenvalue weighted by Crippen LogP contribution is 2.10. The fourth-order valence-corrected chi connectivity index (χ4v) is 2.02. The van der Waals surface area contributed by atoms with Crippen LogP contribution < -0.4 is 5.32 Å². The number of rotatable bonds is 4. The molecule has 3 aromatic rings. The zero-order valence-electron chi connectivity index (χ0n) is 11.3. The van der Waals surface area contributed by atoms with Crippen LogP contribution in [0.3, 0.4) is 0 Å². The Bertz CT molecular complexity index is 688. The van der Waals surface area contributed by atoms with Gasteiger partial charge in [-0.15, -0.1) is 0 Å². The second-order valence-electron chi connectivity index (χ2n) is 4.69. The summed E-state index contributed by atoms with van der Waals surface area (Å²) in [6.45, 7) is 2.72. The minimum atomic E-state index is 0.685. The van der Waals surface area contributed by atoms with E-state index in [9.17, 15) is 0 Å². The van der Waals surface area contributed by atoms with E-state index in [4.69, 9.17) is 0 Å². The largest absolute Gasteiger partial charge is 0.378 e. The van der Waals surface area contributed by atoms with Crippen molar-refractivity contribution in [2.75, 3.05) is 5.32 Å². The Morgan fingerprint density at radius 3 is 2.75 bits per heavy atom. The summed E-state index contributed by atoms with van der Waals surface area (Å²) in [4.78, 5) is 4.16. The van der Waals surface area contributed by atoms with Crippen molar-refractivity contribution in [1.29, 1.82) is 0 Å². The van der Waals surface area contributed by atoms with Gasteiger partial charge in [-0.2, -0.15) is 5.10 Å². The molecule has 100 valence electrons. The maximum Gasteiger partial charge on any atom is 0.0819 e. The van der Waals surface area contributed by atoms with E-state index in [1.807, 2.05) is 66.6 Å². The topological polar surface area (TPSA) is 42.7 Å². The van der Waals surface area contributed by atoms with Crippen molar-refractivity contribution in [3.8, 4) is 5.69 Å². The Labute approximate surface area is 118 Å². The Hall–Kier alpha value is -2.62. The summed E-state index contributed by atoms with van der Waals surface area (Å²) in [7, 11) is 0. The van der Waals surface area contributed by atoms with Gasteiger partial charge in [-0.05, 0) is 36.8 Å². The maximum atomic E-state index is 4.55. The van der Waals surface area contributed by atoms with Crippen LogP contribution in [-0.4, -0.2) is 14.8 Å². The molecule has 4 heteroatoms. The molecule has 0 aliphatic carbocycles. The van der Waals surface area contributed by atoms with Crippen LogP contribution in [0.4, 0.5) is 5.69 Å². The number of hydrogen-bond donors (Lipinski definition) is 1. The maximum absolute atomic E-state index is 4.55. The van der Waals surface area contributed by atoms with E-state index in [1.54, 1.807) is 0 Å². The molecule has 0 spiro atoms. The number of nitrogens with zero attached hydrogens (tertiary/aromatic N) is 3. The van der Waals surface area contributed by atoms with Crippen molar-refractivity contribution >= 4 is 5.69 Å². The molecule has 0 saturated carbocycles. The van der Waals surface area contributed by atoms with Gasteiger partial charge < -0.3 is 5.32 Å². The van der Waals surface area contributed by atoms with Crippen LogP contribution >= 0.6 is 0 Å². The van der Waals surface area contributed by atoms with Crippen molar-refractivity contribution in [2.24, 2.45) is 0 Å². The molecule has 2 heterocycles. The third-order valence-corrected chi connectivity index (χ3v) is 3.01. The third kappa shape index (κ3) is 2.85. The second-order valence-corrected chi connectivity index (χ2v) is 4.69. The van der Waals surface area contributed by atoms with Crippen LogP contribution in [0, 0.1) is 6.92 Å². The lowest BCUT2D eigenvalue weighted by atomic mass is 10.3. The highest BCUT2D eigenvalue weighted by Gasteiger charge is 2.01. The summed E-state index contributed by atoms with van der Waals surface area (Å²) in [6.07, 6.45) is 5.64.